The van der Waals surface area contributed by atoms with E-state index in [4.69, 9.17) is 0 Å². The summed E-state index contributed by atoms with van der Waals surface area (Å²) < 4.78 is 38.5. The number of alkyl halides is 3. The number of phenols is 1. The van der Waals surface area contributed by atoms with Gasteiger partial charge in [-0.2, -0.15) is 13.2 Å². The van der Waals surface area contributed by atoms with Gasteiger partial charge in [-0.05, 0) is 62.8 Å². The topological polar surface area (TPSA) is 78.3 Å². The molecule has 0 bridgehead atoms. The van der Waals surface area contributed by atoms with Crippen molar-refractivity contribution < 1.29 is 23.4 Å². The molecule has 2 aromatic rings. The van der Waals surface area contributed by atoms with Crippen molar-refractivity contribution in [3.05, 3.63) is 34.9 Å². The number of fused-ring (bicyclic) bond motifs is 1. The van der Waals surface area contributed by atoms with Crippen molar-refractivity contribution in [2.45, 2.75) is 56.8 Å². The van der Waals surface area contributed by atoms with Crippen LogP contribution in [-0.4, -0.2) is 32.1 Å². The summed E-state index contributed by atoms with van der Waals surface area (Å²) in [7, 11) is 0. The molecule has 2 aliphatic carbocycles. The van der Waals surface area contributed by atoms with Crippen LogP contribution in [0, 0.1) is 0 Å². The highest BCUT2D eigenvalue weighted by Crippen LogP contribution is 2.41. The Morgan fingerprint density at radius 2 is 1.85 bits per heavy atom. The molecule has 1 aromatic carbocycles. The second kappa shape index (κ2) is 6.09. The number of benzene rings is 1. The summed E-state index contributed by atoms with van der Waals surface area (Å²) in [5.74, 6) is 0.210. The number of aromatic hydroxyl groups is 1. The minimum atomic E-state index is -4.51. The third kappa shape index (κ3) is 3.34. The predicted octanol–water partition coefficient (Wildman–Crippen LogP) is 3.68. The minimum Gasteiger partial charge on any atom is -0.507 e. The molecule has 1 saturated carbocycles. The summed E-state index contributed by atoms with van der Waals surface area (Å²) >= 11 is 0. The number of hydrogen-bond acceptors (Lipinski definition) is 5. The van der Waals surface area contributed by atoms with Gasteiger partial charge in [0.05, 0.1) is 11.2 Å². The van der Waals surface area contributed by atoms with Gasteiger partial charge in [0, 0.05) is 17.2 Å². The first kappa shape index (κ1) is 18.0. The summed E-state index contributed by atoms with van der Waals surface area (Å²) in [4.78, 5) is 0. The smallest absolute Gasteiger partial charge is 0.416 e. The molecule has 1 aromatic heterocycles. The van der Waals surface area contributed by atoms with Gasteiger partial charge in [0.2, 0.25) is 0 Å². The van der Waals surface area contributed by atoms with Crippen LogP contribution in [0.1, 0.15) is 42.9 Å². The molecule has 3 N–H and O–H groups in total. The highest BCUT2D eigenvalue weighted by molar-refractivity contribution is 5.73. The van der Waals surface area contributed by atoms with Gasteiger partial charge >= 0.3 is 6.18 Å². The summed E-state index contributed by atoms with van der Waals surface area (Å²) in [6.45, 7) is 1.79. The summed E-state index contributed by atoms with van der Waals surface area (Å²) in [5, 5.41) is 31.8. The molecule has 1 heterocycles. The fourth-order valence-corrected chi connectivity index (χ4v) is 4.02. The Balaban J connectivity index is 1.66. The lowest BCUT2D eigenvalue weighted by molar-refractivity contribution is -0.137. The molecular weight excluding hydrogens is 359 g/mol. The summed E-state index contributed by atoms with van der Waals surface area (Å²) in [6, 6.07) is 3.04. The van der Waals surface area contributed by atoms with Crippen LogP contribution in [0.3, 0.4) is 0 Å². The molecule has 0 spiro atoms. The lowest BCUT2D eigenvalue weighted by atomic mass is 9.77. The maximum absolute atomic E-state index is 12.8. The van der Waals surface area contributed by atoms with Gasteiger partial charge in [0.15, 0.2) is 5.82 Å². The first-order valence-electron chi connectivity index (χ1n) is 8.92. The normalized spacial score (nSPS) is 24.4. The molecule has 27 heavy (non-hydrogen) atoms. The maximum Gasteiger partial charge on any atom is 0.416 e. The number of phenolic OH excluding ortho intramolecular Hbond substituents is 1. The fraction of sp³-hybridized carbons (Fsp3) is 0.474. The second-order valence-electron chi connectivity index (χ2n) is 7.68. The molecule has 0 radical (unpaired) electrons. The molecule has 144 valence electrons. The van der Waals surface area contributed by atoms with Crippen molar-refractivity contribution in [2.75, 3.05) is 5.32 Å². The van der Waals surface area contributed by atoms with Crippen LogP contribution in [0.25, 0.3) is 11.3 Å². The van der Waals surface area contributed by atoms with Crippen molar-refractivity contribution in [1.29, 1.82) is 0 Å². The Morgan fingerprint density at radius 3 is 2.48 bits per heavy atom. The van der Waals surface area contributed by atoms with Crippen LogP contribution >= 0.6 is 0 Å². The SMILES string of the molecule is C[C@]1(O)C[C@@H](Nc2nnc(-c3ccc(C(F)(F)F)cc3O)c3c2CCC3)C1. The van der Waals surface area contributed by atoms with E-state index in [9.17, 15) is 23.4 Å². The van der Waals surface area contributed by atoms with Gasteiger partial charge in [0.1, 0.15) is 11.4 Å². The molecule has 0 amide bonds. The van der Waals surface area contributed by atoms with E-state index in [-0.39, 0.29) is 11.6 Å². The highest BCUT2D eigenvalue weighted by atomic mass is 19.4. The lowest BCUT2D eigenvalue weighted by Crippen LogP contribution is -2.48. The number of aliphatic hydroxyl groups is 1. The van der Waals surface area contributed by atoms with E-state index in [1.54, 1.807) is 6.92 Å². The molecule has 1 fully saturated rings. The highest BCUT2D eigenvalue weighted by Gasteiger charge is 2.39. The standard InChI is InChI=1S/C19H20F3N3O2/c1-18(27)8-11(9-18)23-17-13-4-2-3-12(13)16(24-25-17)14-6-5-10(7-15(14)26)19(20,21)22/h5-7,11,26-27H,2-4,8-9H2,1H3,(H,23,25)/t11-,18+. The fourth-order valence-electron chi connectivity index (χ4n) is 4.02. The average molecular weight is 379 g/mol. The number of aromatic nitrogens is 2. The van der Waals surface area contributed by atoms with Crippen molar-refractivity contribution in [1.82, 2.24) is 10.2 Å². The predicted molar refractivity (Wildman–Crippen MR) is 93.4 cm³/mol. The molecule has 2 aliphatic rings. The number of halogens is 3. The molecule has 0 aliphatic heterocycles. The zero-order valence-corrected chi connectivity index (χ0v) is 14.8. The lowest BCUT2D eigenvalue weighted by Gasteiger charge is -2.41. The number of nitrogens with zero attached hydrogens (tertiary/aromatic N) is 2. The molecule has 5 nitrogen and oxygen atoms in total. The van der Waals surface area contributed by atoms with Gasteiger partial charge in [-0.1, -0.05) is 0 Å². The average Bonchev–Trinajstić information content (AvgIpc) is 3.03. The summed E-state index contributed by atoms with van der Waals surface area (Å²) in [5.41, 5.74) is 1.04. The third-order valence-electron chi connectivity index (χ3n) is 5.33. The third-order valence-corrected chi connectivity index (χ3v) is 5.33. The van der Waals surface area contributed by atoms with Crippen LogP contribution in [0.2, 0.25) is 0 Å². The van der Waals surface area contributed by atoms with Crippen LogP contribution in [0.15, 0.2) is 18.2 Å². The van der Waals surface area contributed by atoms with E-state index in [0.29, 0.717) is 24.4 Å². The number of rotatable bonds is 3. The molecule has 4 rings (SSSR count). The summed E-state index contributed by atoms with van der Waals surface area (Å²) in [6.07, 6.45) is -0.826. The van der Waals surface area contributed by atoms with E-state index in [1.165, 1.54) is 6.07 Å². The quantitative estimate of drug-likeness (QED) is 0.758. The Hall–Kier alpha value is -2.35. The van der Waals surface area contributed by atoms with Gasteiger partial charge in [-0.25, -0.2) is 0 Å². The Labute approximate surface area is 154 Å². The van der Waals surface area contributed by atoms with Crippen molar-refractivity contribution in [3.63, 3.8) is 0 Å². The largest absolute Gasteiger partial charge is 0.507 e. The first-order valence-corrected chi connectivity index (χ1v) is 8.92. The number of hydrogen-bond donors (Lipinski definition) is 3. The monoisotopic (exact) mass is 379 g/mol. The van der Waals surface area contributed by atoms with E-state index in [1.807, 2.05) is 0 Å². The Kier molecular flexibility index (Phi) is 4.06. The Morgan fingerprint density at radius 1 is 1.15 bits per heavy atom. The van der Waals surface area contributed by atoms with E-state index in [0.717, 1.165) is 42.5 Å². The molecule has 0 saturated heterocycles. The number of nitrogens with one attached hydrogen (secondary N) is 1. The molecular formula is C19H20F3N3O2. The van der Waals surface area contributed by atoms with Crippen molar-refractivity contribution in [2.24, 2.45) is 0 Å². The second-order valence-corrected chi connectivity index (χ2v) is 7.68. The first-order chi connectivity index (χ1) is 12.6. The maximum atomic E-state index is 12.8. The van der Waals surface area contributed by atoms with Crippen LogP contribution < -0.4 is 5.32 Å². The van der Waals surface area contributed by atoms with Crippen LogP contribution in [-0.2, 0) is 19.0 Å². The van der Waals surface area contributed by atoms with Gasteiger partial charge < -0.3 is 15.5 Å². The van der Waals surface area contributed by atoms with Crippen molar-refractivity contribution >= 4 is 5.82 Å². The zero-order valence-electron chi connectivity index (χ0n) is 14.8. The van der Waals surface area contributed by atoms with E-state index >= 15 is 0 Å². The van der Waals surface area contributed by atoms with Gasteiger partial charge in [0.25, 0.3) is 0 Å². The van der Waals surface area contributed by atoms with Crippen LogP contribution in [0.5, 0.6) is 5.75 Å². The van der Waals surface area contributed by atoms with Crippen LogP contribution in [0.4, 0.5) is 19.0 Å². The molecule has 0 unspecified atom stereocenters. The molecule has 8 heteroatoms. The Bertz CT molecular complexity index is 888. The minimum absolute atomic E-state index is 0.129. The van der Waals surface area contributed by atoms with Gasteiger partial charge in [-0.3, -0.25) is 0 Å². The van der Waals surface area contributed by atoms with Crippen molar-refractivity contribution in [3.8, 4) is 17.0 Å². The number of anilines is 1. The molecule has 0 atom stereocenters. The zero-order chi connectivity index (χ0) is 19.4. The van der Waals surface area contributed by atoms with E-state index < -0.39 is 23.1 Å². The van der Waals surface area contributed by atoms with E-state index in [2.05, 4.69) is 15.5 Å². The van der Waals surface area contributed by atoms with Gasteiger partial charge in [-0.15, -0.1) is 10.2 Å².